The van der Waals surface area contributed by atoms with Gasteiger partial charge in [0.15, 0.2) is 31.8 Å². The van der Waals surface area contributed by atoms with Crippen molar-refractivity contribution < 1.29 is 71.1 Å². The highest BCUT2D eigenvalue weighted by Crippen LogP contribution is 2.58. The zero-order chi connectivity index (χ0) is 65.7. The van der Waals surface area contributed by atoms with Gasteiger partial charge in [-0.15, -0.1) is 0 Å². The molecule has 9 rings (SSSR count). The van der Waals surface area contributed by atoms with E-state index < -0.39 is 62.7 Å². The fourth-order valence-corrected chi connectivity index (χ4v) is 13.1. The van der Waals surface area contributed by atoms with Gasteiger partial charge in [0, 0.05) is 37.7 Å². The first-order valence-electron chi connectivity index (χ1n) is 31.3. The molecule has 4 aromatic carbocycles. The van der Waals surface area contributed by atoms with Gasteiger partial charge in [0.2, 0.25) is 5.91 Å². The standard InChI is InChI=1S/C70H87N5O15Si/c1-14-26-87-62(77)35-52(43(3)4)63(78)71-45(6)58(76)31-46-20-22-47(23-21-46)41-89-68(82)75-56-37-59(44(5)30-53(56)65(80)74-42-70(24-25-70)38-57(74)66(75)90-91(12,13)69(7,8)9)85-28-17-29-86-61-36-55-54(34-60(61)84-11)64(79)72-39-49(48-18-16-19-51(33-48)83-10)32-50(72)40-73(55)67(81)88-27-15-2/h14-16,18-23,30,33-34,36-37,39,43,45,50,52,57,66H,1-2,17,24-29,31-32,35,38,40-42H2,3-13H3,(H,71,78)/t45-,50-,52-,57-,66?/m0/s1. The third-order valence-electron chi connectivity index (χ3n) is 18.4. The second kappa shape index (κ2) is 28.0. The van der Waals surface area contributed by atoms with Crippen molar-refractivity contribution in [1.29, 1.82) is 0 Å². The third kappa shape index (κ3) is 15.0. The van der Waals surface area contributed by atoms with Crippen LogP contribution in [0.1, 0.15) is 123 Å². The van der Waals surface area contributed by atoms with E-state index in [0.717, 1.165) is 24.0 Å². The van der Waals surface area contributed by atoms with Crippen molar-refractivity contribution >= 4 is 66.9 Å². The van der Waals surface area contributed by atoms with Gasteiger partial charge < -0.3 is 52.7 Å². The monoisotopic (exact) mass is 1270 g/mol. The molecule has 91 heavy (non-hydrogen) atoms. The highest BCUT2D eigenvalue weighted by atomic mass is 28.4. The van der Waals surface area contributed by atoms with Crippen LogP contribution in [-0.2, 0) is 46.0 Å². The molecule has 4 heterocycles. The third-order valence-corrected chi connectivity index (χ3v) is 22.9. The van der Waals surface area contributed by atoms with Crippen molar-refractivity contribution in [2.75, 3.05) is 63.5 Å². The first kappa shape index (κ1) is 67.0. The largest absolute Gasteiger partial charge is 0.497 e. The van der Waals surface area contributed by atoms with Crippen molar-refractivity contribution in [3.8, 4) is 23.0 Å². The topological polar surface area (TPSA) is 218 Å². The molecule has 1 N–H and O–H groups in total. The number of anilines is 2. The predicted molar refractivity (Wildman–Crippen MR) is 347 cm³/mol. The molecule has 1 aliphatic carbocycles. The van der Waals surface area contributed by atoms with E-state index in [1.165, 1.54) is 29.1 Å². The Morgan fingerprint density at radius 2 is 1.46 bits per heavy atom. The summed E-state index contributed by atoms with van der Waals surface area (Å²) in [5, 5.41) is 2.51. The van der Waals surface area contributed by atoms with Gasteiger partial charge in [-0.3, -0.25) is 28.9 Å². The molecule has 2 fully saturated rings. The number of rotatable bonds is 25. The summed E-state index contributed by atoms with van der Waals surface area (Å²) in [6.07, 6.45) is 5.82. The number of fused-ring (bicyclic) bond motifs is 4. The van der Waals surface area contributed by atoms with Crippen LogP contribution < -0.4 is 34.1 Å². The fourth-order valence-electron chi connectivity index (χ4n) is 11.9. The number of Topliss-reactive ketones (excluding diaryl/α,β-unsaturated/α-hetero) is 1. The van der Waals surface area contributed by atoms with Crippen molar-refractivity contribution in [2.24, 2.45) is 17.3 Å². The van der Waals surface area contributed by atoms with Crippen LogP contribution in [0.4, 0.5) is 21.0 Å². The van der Waals surface area contributed by atoms with Gasteiger partial charge in [-0.1, -0.05) is 96.3 Å². The lowest BCUT2D eigenvalue weighted by Gasteiger charge is -2.44. The zero-order valence-electron chi connectivity index (χ0n) is 54.4. The van der Waals surface area contributed by atoms with E-state index in [4.69, 9.17) is 37.6 Å². The van der Waals surface area contributed by atoms with E-state index in [1.54, 1.807) is 67.5 Å². The second-order valence-electron chi connectivity index (χ2n) is 26.3. The normalized spacial score (nSPS) is 18.7. The summed E-state index contributed by atoms with van der Waals surface area (Å²) in [7, 11) is 0.391. The first-order valence-corrected chi connectivity index (χ1v) is 34.2. The summed E-state index contributed by atoms with van der Waals surface area (Å²) in [6, 6.07) is 19.7. The number of nitrogens with one attached hydrogen (secondary N) is 1. The number of carbonyl (C=O) groups excluding carboxylic acids is 7. The number of hydrogen-bond acceptors (Lipinski definition) is 15. The van der Waals surface area contributed by atoms with Crippen molar-refractivity contribution in [3.63, 3.8) is 0 Å². The molecule has 1 saturated heterocycles. The van der Waals surface area contributed by atoms with Gasteiger partial charge in [-0.05, 0) is 121 Å². The number of carbonyl (C=O) groups is 7. The molecule has 4 aromatic rings. The average Bonchev–Trinajstić information content (AvgIpc) is 1.55. The highest BCUT2D eigenvalue weighted by molar-refractivity contribution is 6.74. The van der Waals surface area contributed by atoms with Gasteiger partial charge in [0.1, 0.15) is 31.3 Å². The Bertz CT molecular complexity index is 3480. The van der Waals surface area contributed by atoms with E-state index >= 15 is 9.59 Å². The summed E-state index contributed by atoms with van der Waals surface area (Å²) < 4.78 is 48.5. The van der Waals surface area contributed by atoms with E-state index in [9.17, 15) is 24.0 Å². The predicted octanol–water partition coefficient (Wildman–Crippen LogP) is 11.8. The number of esters is 1. The van der Waals surface area contributed by atoms with Crippen LogP contribution in [0.2, 0.25) is 18.1 Å². The minimum atomic E-state index is -2.69. The SMILES string of the molecule is C=CCOC(=O)C[C@H](C(=O)N[C@@H](C)C(=O)Cc1ccc(COC(=O)N2c3cc(OCCCOc4cc5c(cc4OC)C(=O)N4C=C(c6cccc(OC)c6)C[C@H]4CN5C(=O)OCC=C)c(C)cc3C(=O)N3CC4(CC4)C[C@H]3C2O[Si](C)(C)C(C)(C)C)cc1)C(C)C. The maximum absolute atomic E-state index is 15.2. The summed E-state index contributed by atoms with van der Waals surface area (Å²) >= 11 is 0. The molecule has 21 heteroatoms. The van der Waals surface area contributed by atoms with E-state index in [-0.39, 0.29) is 103 Å². The molecule has 4 aliphatic heterocycles. The maximum atomic E-state index is 15.2. The molecule has 1 spiro atoms. The summed E-state index contributed by atoms with van der Waals surface area (Å²) in [5.41, 5.74) is 4.91. The van der Waals surface area contributed by atoms with E-state index in [2.05, 4.69) is 52.3 Å². The first-order chi connectivity index (χ1) is 43.3. The Morgan fingerprint density at radius 3 is 2.12 bits per heavy atom. The summed E-state index contributed by atoms with van der Waals surface area (Å²) in [4.78, 5) is 104. The Balaban J connectivity index is 0.924. The van der Waals surface area contributed by atoms with Crippen LogP contribution in [0.25, 0.3) is 5.57 Å². The van der Waals surface area contributed by atoms with Crippen LogP contribution in [0.5, 0.6) is 23.0 Å². The van der Waals surface area contributed by atoms with Gasteiger partial charge in [-0.25, -0.2) is 14.5 Å². The number of ketones is 1. The zero-order valence-corrected chi connectivity index (χ0v) is 55.4. The smallest absolute Gasteiger partial charge is 0.416 e. The molecule has 5 atom stereocenters. The number of aryl methyl sites for hydroxylation is 1. The second-order valence-corrected chi connectivity index (χ2v) is 31.0. The van der Waals surface area contributed by atoms with Crippen molar-refractivity contribution in [3.05, 3.63) is 138 Å². The lowest BCUT2D eigenvalue weighted by Crippen LogP contribution is -2.58. The van der Waals surface area contributed by atoms with Crippen molar-refractivity contribution in [2.45, 2.75) is 143 Å². The molecule has 5 aliphatic rings. The molecule has 0 bridgehead atoms. The molecule has 0 radical (unpaired) electrons. The molecular formula is C70H87N5O15Si. The van der Waals surface area contributed by atoms with Gasteiger partial charge in [0.25, 0.3) is 11.8 Å². The van der Waals surface area contributed by atoms with E-state index in [1.807, 2.05) is 56.1 Å². The van der Waals surface area contributed by atoms with Crippen LogP contribution in [0.15, 0.2) is 104 Å². The Kier molecular flexibility index (Phi) is 20.6. The number of ether oxygens (including phenoxy) is 7. The maximum Gasteiger partial charge on any atom is 0.416 e. The Hall–Kier alpha value is -8.43. The average molecular weight is 1270 g/mol. The van der Waals surface area contributed by atoms with Gasteiger partial charge >= 0.3 is 18.2 Å². The van der Waals surface area contributed by atoms with Crippen LogP contribution in [0.3, 0.4) is 0 Å². The molecule has 1 unspecified atom stereocenters. The fraction of sp³-hybridized carbons (Fsp3) is 0.471. The molecule has 5 amide bonds. The Labute approximate surface area is 534 Å². The molecule has 1 saturated carbocycles. The van der Waals surface area contributed by atoms with Crippen LogP contribution in [0, 0.1) is 24.2 Å². The van der Waals surface area contributed by atoms with Gasteiger partial charge in [0.05, 0.1) is 86.9 Å². The quantitative estimate of drug-likeness (QED) is 0.0214. The molecular weight excluding hydrogens is 1180 g/mol. The van der Waals surface area contributed by atoms with Crippen LogP contribution in [-0.4, -0.2) is 138 Å². The number of hydrogen-bond donors (Lipinski definition) is 1. The lowest BCUT2D eigenvalue weighted by molar-refractivity contribution is -0.146. The minimum Gasteiger partial charge on any atom is -0.497 e. The number of nitrogens with zero attached hydrogens (tertiary/aromatic N) is 4. The number of methoxy groups -OCH3 is 2. The highest BCUT2D eigenvalue weighted by Gasteiger charge is 2.60. The summed E-state index contributed by atoms with van der Waals surface area (Å²) in [6.45, 7) is 25.9. The molecule has 20 nitrogen and oxygen atoms in total. The van der Waals surface area contributed by atoms with Crippen LogP contribution >= 0.6 is 0 Å². The molecule has 0 aromatic heterocycles. The van der Waals surface area contributed by atoms with Crippen molar-refractivity contribution in [1.82, 2.24) is 15.1 Å². The number of benzene rings is 4. The van der Waals surface area contributed by atoms with Gasteiger partial charge in [-0.2, -0.15) is 0 Å². The molecule has 486 valence electrons. The van der Waals surface area contributed by atoms with E-state index in [0.29, 0.717) is 70.9 Å². The number of amides is 5. The Morgan fingerprint density at radius 1 is 0.791 bits per heavy atom. The lowest BCUT2D eigenvalue weighted by atomic mass is 9.91. The minimum absolute atomic E-state index is 0.0183. The summed E-state index contributed by atoms with van der Waals surface area (Å²) in [5.74, 6) is -0.876.